The van der Waals surface area contributed by atoms with Crippen LogP contribution in [0.4, 0.5) is 0 Å². The fraction of sp³-hybridized carbons (Fsp3) is 1.00. The van der Waals surface area contributed by atoms with Gasteiger partial charge in [0.25, 0.3) is 0 Å². The molecule has 0 aromatic carbocycles. The molecule has 0 nitrogen and oxygen atoms in total. The average Bonchev–Trinajstić information content (AvgIpc) is 3.35. The molecule has 206 valence electrons. The summed E-state index contributed by atoms with van der Waals surface area (Å²) in [5.41, 5.74) is 0. The van der Waals surface area contributed by atoms with Crippen LogP contribution in [0.2, 0.25) is 0 Å². The maximum atomic E-state index is 2.61. The summed E-state index contributed by atoms with van der Waals surface area (Å²) in [6, 6.07) is 0. The summed E-state index contributed by atoms with van der Waals surface area (Å²) in [7, 11) is 0. The molecule has 0 saturated heterocycles. The minimum atomic E-state index is 0.913. The fourth-order valence-electron chi connectivity index (χ4n) is 9.48. The van der Waals surface area contributed by atoms with Gasteiger partial charge in [0.1, 0.15) is 0 Å². The van der Waals surface area contributed by atoms with Crippen LogP contribution in [-0.4, -0.2) is 0 Å². The summed E-state index contributed by atoms with van der Waals surface area (Å²) in [6.07, 6.45) is 28.7. The first-order valence-electron chi connectivity index (χ1n) is 16.9. The second kappa shape index (κ2) is 15.4. The molecule has 35 heavy (non-hydrogen) atoms. The highest BCUT2D eigenvalue weighted by Crippen LogP contribution is 2.56. The second-order valence-electron chi connectivity index (χ2n) is 14.5. The van der Waals surface area contributed by atoms with E-state index in [1.807, 2.05) is 0 Å². The van der Waals surface area contributed by atoms with Gasteiger partial charge in [-0.05, 0) is 111 Å². The van der Waals surface area contributed by atoms with Crippen LogP contribution in [0.15, 0.2) is 0 Å². The van der Waals surface area contributed by atoms with Gasteiger partial charge in [0.05, 0.1) is 0 Å². The predicted molar refractivity (Wildman–Crippen MR) is 157 cm³/mol. The third-order valence-electron chi connectivity index (χ3n) is 11.7. The lowest BCUT2D eigenvalue weighted by Gasteiger charge is -2.50. The Morgan fingerprint density at radius 2 is 1.40 bits per heavy atom. The highest BCUT2D eigenvalue weighted by Gasteiger charge is 2.47. The molecule has 0 amide bonds. The molecule has 0 aromatic heterocycles. The predicted octanol–water partition coefficient (Wildman–Crippen LogP) is 11.7. The monoisotopic (exact) mass is 487 g/mol. The van der Waals surface area contributed by atoms with Crippen molar-refractivity contribution in [2.24, 2.45) is 59.2 Å². The Morgan fingerprint density at radius 3 is 2.06 bits per heavy atom. The van der Waals surface area contributed by atoms with E-state index in [9.17, 15) is 0 Å². The lowest BCUT2D eigenvalue weighted by atomic mass is 9.56. The Kier molecular flexibility index (Phi) is 13.0. The molecule has 4 aliphatic rings. The van der Waals surface area contributed by atoms with Gasteiger partial charge < -0.3 is 0 Å². The first-order valence-corrected chi connectivity index (χ1v) is 16.9. The SMILES string of the molecule is CCC1CCCCCCC(C)C1.CCCCC1C(C)CC2CCCC2C1C1CCC(C(C)C)CC1. The Bertz CT molecular complexity index is 540. The molecule has 4 saturated carbocycles. The molecule has 0 spiro atoms. The van der Waals surface area contributed by atoms with Gasteiger partial charge in [-0.15, -0.1) is 0 Å². The molecule has 0 radical (unpaired) electrons. The van der Waals surface area contributed by atoms with E-state index in [1.165, 1.54) is 83.5 Å². The minimum absolute atomic E-state index is 0.913. The Balaban J connectivity index is 0.000000241. The van der Waals surface area contributed by atoms with Crippen molar-refractivity contribution < 1.29 is 0 Å². The Hall–Kier alpha value is 0. The maximum absolute atomic E-state index is 2.61. The smallest absolute Gasteiger partial charge is 0.0324 e. The number of hydrogen-bond donors (Lipinski definition) is 0. The van der Waals surface area contributed by atoms with Gasteiger partial charge >= 0.3 is 0 Å². The number of hydrogen-bond acceptors (Lipinski definition) is 0. The highest BCUT2D eigenvalue weighted by atomic mass is 14.5. The van der Waals surface area contributed by atoms with Crippen LogP contribution in [0, 0.1) is 59.2 Å². The van der Waals surface area contributed by atoms with Crippen LogP contribution in [0.25, 0.3) is 0 Å². The van der Waals surface area contributed by atoms with Crippen molar-refractivity contribution >= 4 is 0 Å². The van der Waals surface area contributed by atoms with Crippen molar-refractivity contribution in [3.05, 3.63) is 0 Å². The number of unbranched alkanes of at least 4 members (excludes halogenated alkanes) is 1. The van der Waals surface area contributed by atoms with E-state index in [4.69, 9.17) is 0 Å². The van der Waals surface area contributed by atoms with Gasteiger partial charge in [0.15, 0.2) is 0 Å². The molecule has 0 heterocycles. The summed E-state index contributed by atoms with van der Waals surface area (Å²) in [5.74, 6) is 10.5. The summed E-state index contributed by atoms with van der Waals surface area (Å²) < 4.78 is 0. The molecule has 4 fully saturated rings. The van der Waals surface area contributed by atoms with E-state index in [-0.39, 0.29) is 0 Å². The van der Waals surface area contributed by atoms with Crippen LogP contribution < -0.4 is 0 Å². The van der Waals surface area contributed by atoms with E-state index < -0.39 is 0 Å². The molecule has 7 unspecified atom stereocenters. The zero-order valence-electron chi connectivity index (χ0n) is 25.2. The topological polar surface area (TPSA) is 0 Å². The fourth-order valence-corrected chi connectivity index (χ4v) is 9.48. The first-order chi connectivity index (χ1) is 16.9. The van der Waals surface area contributed by atoms with Crippen LogP contribution in [-0.2, 0) is 0 Å². The highest BCUT2D eigenvalue weighted by molar-refractivity contribution is 4.97. The third kappa shape index (κ3) is 8.77. The van der Waals surface area contributed by atoms with Crippen LogP contribution >= 0.6 is 0 Å². The van der Waals surface area contributed by atoms with Crippen LogP contribution in [0.1, 0.15) is 164 Å². The van der Waals surface area contributed by atoms with E-state index >= 15 is 0 Å². The molecule has 0 aromatic rings. The lowest BCUT2D eigenvalue weighted by molar-refractivity contribution is -0.00486. The standard InChI is InChI=1S/C23H42.C12H24/c1-5-6-9-21-17(4)15-20-8-7-10-22(20)23(21)19-13-11-18(12-14-19)16(2)3;1-3-12-9-7-5-4-6-8-11(2)10-12/h16-23H,5-15H2,1-4H3;11-12H,3-10H2,1-2H3. The molecule has 0 aliphatic heterocycles. The van der Waals surface area contributed by atoms with E-state index in [1.54, 1.807) is 38.5 Å². The zero-order valence-corrected chi connectivity index (χ0v) is 25.2. The minimum Gasteiger partial charge on any atom is -0.0654 e. The van der Waals surface area contributed by atoms with Gasteiger partial charge in [0, 0.05) is 0 Å². The second-order valence-corrected chi connectivity index (χ2v) is 14.5. The summed E-state index contributed by atoms with van der Waals surface area (Å²) in [6.45, 7) is 14.7. The number of fused-ring (bicyclic) bond motifs is 1. The molecular weight excluding hydrogens is 420 g/mol. The largest absolute Gasteiger partial charge is 0.0654 e. The first kappa shape index (κ1) is 29.6. The van der Waals surface area contributed by atoms with Gasteiger partial charge in [-0.1, -0.05) is 112 Å². The zero-order chi connectivity index (χ0) is 25.2. The molecule has 7 atom stereocenters. The lowest BCUT2D eigenvalue weighted by Crippen LogP contribution is -2.42. The molecule has 0 bridgehead atoms. The van der Waals surface area contributed by atoms with Gasteiger partial charge in [-0.25, -0.2) is 0 Å². The molecule has 0 heteroatoms. The van der Waals surface area contributed by atoms with Gasteiger partial charge in [0.2, 0.25) is 0 Å². The average molecular weight is 487 g/mol. The quantitative estimate of drug-likeness (QED) is 0.350. The maximum Gasteiger partial charge on any atom is -0.0324 e. The van der Waals surface area contributed by atoms with Crippen molar-refractivity contribution in [1.29, 1.82) is 0 Å². The molecule has 4 rings (SSSR count). The van der Waals surface area contributed by atoms with Crippen molar-refractivity contribution in [3.8, 4) is 0 Å². The summed E-state index contributed by atoms with van der Waals surface area (Å²) >= 11 is 0. The third-order valence-corrected chi connectivity index (χ3v) is 11.7. The van der Waals surface area contributed by atoms with Crippen LogP contribution in [0.3, 0.4) is 0 Å². The van der Waals surface area contributed by atoms with E-state index in [0.29, 0.717) is 0 Å². The Labute approximate surface area is 222 Å². The van der Waals surface area contributed by atoms with Gasteiger partial charge in [-0.3, -0.25) is 0 Å². The van der Waals surface area contributed by atoms with E-state index in [0.717, 1.165) is 59.2 Å². The summed E-state index contributed by atoms with van der Waals surface area (Å²) in [5, 5.41) is 0. The van der Waals surface area contributed by atoms with Gasteiger partial charge in [-0.2, -0.15) is 0 Å². The molecular formula is C35H66. The van der Waals surface area contributed by atoms with Crippen molar-refractivity contribution in [3.63, 3.8) is 0 Å². The summed E-state index contributed by atoms with van der Waals surface area (Å²) in [4.78, 5) is 0. The normalized spacial score (nSPS) is 40.7. The molecule has 0 N–H and O–H groups in total. The Morgan fingerprint density at radius 1 is 0.686 bits per heavy atom. The molecule has 4 aliphatic carbocycles. The number of rotatable bonds is 6. The van der Waals surface area contributed by atoms with Crippen molar-refractivity contribution in [2.45, 2.75) is 164 Å². The van der Waals surface area contributed by atoms with Crippen molar-refractivity contribution in [1.82, 2.24) is 0 Å². The van der Waals surface area contributed by atoms with Crippen molar-refractivity contribution in [2.75, 3.05) is 0 Å². The van der Waals surface area contributed by atoms with Crippen LogP contribution in [0.5, 0.6) is 0 Å². The van der Waals surface area contributed by atoms with E-state index in [2.05, 4.69) is 41.5 Å².